The van der Waals surface area contributed by atoms with Crippen molar-refractivity contribution >= 4 is 5.91 Å². The molecule has 0 saturated carbocycles. The summed E-state index contributed by atoms with van der Waals surface area (Å²) in [5.41, 5.74) is -0.0368. The maximum atomic E-state index is 12.7. The van der Waals surface area contributed by atoms with Gasteiger partial charge in [-0.2, -0.15) is 13.2 Å². The molecule has 1 atom stereocenters. The van der Waals surface area contributed by atoms with E-state index in [9.17, 15) is 18.0 Å². The summed E-state index contributed by atoms with van der Waals surface area (Å²) < 4.78 is 43.5. The summed E-state index contributed by atoms with van der Waals surface area (Å²) in [6, 6.07) is 11.2. The Morgan fingerprint density at radius 1 is 1.17 bits per heavy atom. The molecule has 2 aromatic rings. The highest BCUT2D eigenvalue weighted by atomic mass is 19.4. The van der Waals surface area contributed by atoms with Gasteiger partial charge in [-0.1, -0.05) is 18.2 Å². The third-order valence-corrected chi connectivity index (χ3v) is 3.49. The summed E-state index contributed by atoms with van der Waals surface area (Å²) >= 11 is 0. The quantitative estimate of drug-likeness (QED) is 0.866. The van der Waals surface area contributed by atoms with Crippen molar-refractivity contribution in [2.75, 3.05) is 6.61 Å². The number of carbonyl (C=O) groups is 1. The van der Waals surface area contributed by atoms with E-state index in [2.05, 4.69) is 5.32 Å². The van der Waals surface area contributed by atoms with Crippen LogP contribution in [-0.4, -0.2) is 12.5 Å². The van der Waals surface area contributed by atoms with Crippen LogP contribution in [0.2, 0.25) is 0 Å². The molecule has 0 saturated heterocycles. The second kappa shape index (κ2) is 7.38. The number of nitrogens with one attached hydrogen (secondary N) is 1. The van der Waals surface area contributed by atoms with Crippen molar-refractivity contribution in [1.29, 1.82) is 0 Å². The largest absolute Gasteiger partial charge is 0.494 e. The molecule has 0 aromatic heterocycles. The summed E-state index contributed by atoms with van der Waals surface area (Å²) in [5.74, 6) is 0.167. The van der Waals surface area contributed by atoms with Gasteiger partial charge in [0.15, 0.2) is 0 Å². The van der Waals surface area contributed by atoms with E-state index >= 15 is 0 Å². The van der Waals surface area contributed by atoms with Crippen molar-refractivity contribution in [3.63, 3.8) is 0 Å². The Morgan fingerprint density at radius 3 is 2.42 bits per heavy atom. The van der Waals surface area contributed by atoms with Crippen LogP contribution in [0.4, 0.5) is 13.2 Å². The highest BCUT2D eigenvalue weighted by Gasteiger charge is 2.31. The van der Waals surface area contributed by atoms with Crippen LogP contribution in [-0.2, 0) is 6.18 Å². The minimum absolute atomic E-state index is 0.0254. The number of hydrogen-bond acceptors (Lipinski definition) is 2. The van der Waals surface area contributed by atoms with Crippen LogP contribution < -0.4 is 10.1 Å². The van der Waals surface area contributed by atoms with Crippen LogP contribution in [0.3, 0.4) is 0 Å². The van der Waals surface area contributed by atoms with Crippen LogP contribution in [0.25, 0.3) is 0 Å². The van der Waals surface area contributed by atoms with E-state index in [4.69, 9.17) is 4.74 Å². The Hall–Kier alpha value is -2.50. The fraction of sp³-hybridized carbons (Fsp3) is 0.278. The van der Waals surface area contributed by atoms with Gasteiger partial charge < -0.3 is 10.1 Å². The van der Waals surface area contributed by atoms with Crippen molar-refractivity contribution in [2.24, 2.45) is 0 Å². The lowest BCUT2D eigenvalue weighted by molar-refractivity contribution is -0.137. The third kappa shape index (κ3) is 4.50. The fourth-order valence-corrected chi connectivity index (χ4v) is 2.22. The molecule has 128 valence electrons. The minimum Gasteiger partial charge on any atom is -0.494 e. The lowest BCUT2D eigenvalue weighted by Crippen LogP contribution is -2.26. The summed E-state index contributed by atoms with van der Waals surface area (Å²) in [6.07, 6.45) is -4.48. The first kappa shape index (κ1) is 17.8. The van der Waals surface area contributed by atoms with Gasteiger partial charge in [0.25, 0.3) is 5.91 Å². The van der Waals surface area contributed by atoms with Gasteiger partial charge in [0.1, 0.15) is 5.75 Å². The molecule has 0 aliphatic rings. The first-order chi connectivity index (χ1) is 11.3. The average molecular weight is 337 g/mol. The zero-order valence-electron chi connectivity index (χ0n) is 13.4. The Labute approximate surface area is 138 Å². The van der Waals surface area contributed by atoms with Crippen molar-refractivity contribution < 1.29 is 22.7 Å². The number of hydrogen-bond donors (Lipinski definition) is 1. The van der Waals surface area contributed by atoms with Crippen molar-refractivity contribution in [1.82, 2.24) is 5.32 Å². The first-order valence-electron chi connectivity index (χ1n) is 7.52. The van der Waals surface area contributed by atoms with Crippen LogP contribution >= 0.6 is 0 Å². The van der Waals surface area contributed by atoms with Gasteiger partial charge >= 0.3 is 6.18 Å². The molecule has 6 heteroatoms. The van der Waals surface area contributed by atoms with Gasteiger partial charge in [-0.15, -0.1) is 0 Å². The number of benzene rings is 2. The van der Waals surface area contributed by atoms with Crippen LogP contribution in [0, 0.1) is 0 Å². The van der Waals surface area contributed by atoms with E-state index in [-0.39, 0.29) is 11.6 Å². The van der Waals surface area contributed by atoms with E-state index in [1.54, 1.807) is 19.1 Å². The molecule has 0 fully saturated rings. The number of rotatable bonds is 5. The maximum Gasteiger partial charge on any atom is 0.416 e. The van der Waals surface area contributed by atoms with Crippen LogP contribution in [0.1, 0.15) is 41.4 Å². The van der Waals surface area contributed by atoms with Gasteiger partial charge in [-0.3, -0.25) is 4.79 Å². The van der Waals surface area contributed by atoms with Gasteiger partial charge in [0.05, 0.1) is 18.2 Å². The summed E-state index contributed by atoms with van der Waals surface area (Å²) in [5, 5.41) is 2.70. The van der Waals surface area contributed by atoms with Gasteiger partial charge in [-0.05, 0) is 49.7 Å². The predicted molar refractivity (Wildman–Crippen MR) is 84.9 cm³/mol. The first-order valence-corrected chi connectivity index (χ1v) is 7.52. The maximum absolute atomic E-state index is 12.7. The Balaban J connectivity index is 2.08. The second-order valence-corrected chi connectivity index (χ2v) is 5.28. The van der Waals surface area contributed by atoms with Gasteiger partial charge in [0, 0.05) is 5.56 Å². The molecule has 1 N–H and O–H groups in total. The van der Waals surface area contributed by atoms with Crippen LogP contribution in [0.5, 0.6) is 5.75 Å². The highest BCUT2D eigenvalue weighted by Crippen LogP contribution is 2.29. The topological polar surface area (TPSA) is 38.3 Å². The molecule has 0 heterocycles. The Morgan fingerprint density at radius 2 is 1.83 bits per heavy atom. The van der Waals surface area contributed by atoms with Crippen molar-refractivity contribution in [3.05, 3.63) is 65.2 Å². The van der Waals surface area contributed by atoms with E-state index in [1.165, 1.54) is 12.1 Å². The van der Waals surface area contributed by atoms with E-state index in [0.29, 0.717) is 6.61 Å². The molecule has 2 aromatic carbocycles. The summed E-state index contributed by atoms with van der Waals surface area (Å²) in [6.45, 7) is 4.20. The molecule has 1 amide bonds. The molecule has 2 rings (SSSR count). The average Bonchev–Trinajstić information content (AvgIpc) is 2.55. The number of ether oxygens (including phenoxy) is 1. The molecule has 0 spiro atoms. The number of halogens is 3. The zero-order valence-corrected chi connectivity index (χ0v) is 13.4. The molecule has 24 heavy (non-hydrogen) atoms. The molecule has 0 aliphatic carbocycles. The normalized spacial score (nSPS) is 12.5. The third-order valence-electron chi connectivity index (χ3n) is 3.49. The van der Waals surface area contributed by atoms with E-state index in [1.807, 2.05) is 19.1 Å². The van der Waals surface area contributed by atoms with Crippen LogP contribution in [0.15, 0.2) is 48.5 Å². The second-order valence-electron chi connectivity index (χ2n) is 5.28. The Bertz CT molecular complexity index is 696. The van der Waals surface area contributed by atoms with Crippen molar-refractivity contribution in [2.45, 2.75) is 26.1 Å². The Kier molecular flexibility index (Phi) is 5.49. The molecule has 1 unspecified atom stereocenters. The predicted octanol–water partition coefficient (Wildman–Crippen LogP) is 4.60. The summed E-state index contributed by atoms with van der Waals surface area (Å²) in [7, 11) is 0. The lowest BCUT2D eigenvalue weighted by atomic mass is 10.1. The monoisotopic (exact) mass is 337 g/mol. The molecular formula is C18H18F3NO2. The van der Waals surface area contributed by atoms with Gasteiger partial charge in [-0.25, -0.2) is 0 Å². The molecule has 0 radical (unpaired) electrons. The summed E-state index contributed by atoms with van der Waals surface area (Å²) in [4.78, 5) is 12.2. The van der Waals surface area contributed by atoms with E-state index < -0.39 is 17.6 Å². The van der Waals surface area contributed by atoms with Gasteiger partial charge in [0.2, 0.25) is 0 Å². The molecule has 0 bridgehead atoms. The van der Waals surface area contributed by atoms with Crippen molar-refractivity contribution in [3.8, 4) is 5.75 Å². The standard InChI is InChI=1S/C18H18F3NO2/c1-3-24-16-9-7-13(8-10-16)12(2)22-17(23)14-5-4-6-15(11-14)18(19,20)21/h4-12H,3H2,1-2H3,(H,22,23). The number of alkyl halides is 3. The molecular weight excluding hydrogens is 319 g/mol. The zero-order chi connectivity index (χ0) is 17.7. The number of amides is 1. The lowest BCUT2D eigenvalue weighted by Gasteiger charge is -2.16. The fourth-order valence-electron chi connectivity index (χ4n) is 2.22. The smallest absolute Gasteiger partial charge is 0.416 e. The highest BCUT2D eigenvalue weighted by molar-refractivity contribution is 5.94. The number of carbonyl (C=O) groups excluding carboxylic acids is 1. The minimum atomic E-state index is -4.48. The SMILES string of the molecule is CCOc1ccc(C(C)NC(=O)c2cccc(C(F)(F)F)c2)cc1. The molecule has 3 nitrogen and oxygen atoms in total. The van der Waals surface area contributed by atoms with E-state index in [0.717, 1.165) is 23.4 Å². The molecule has 0 aliphatic heterocycles.